The number of alkyl halides is 3. The number of benzene rings is 1. The summed E-state index contributed by atoms with van der Waals surface area (Å²) in [5, 5.41) is 12.6. The third kappa shape index (κ3) is 4.20. The summed E-state index contributed by atoms with van der Waals surface area (Å²) in [4.78, 5) is 4.85. The minimum atomic E-state index is -4.55. The molecule has 0 fully saturated rings. The molecule has 9 heteroatoms. The van der Waals surface area contributed by atoms with Gasteiger partial charge in [-0.15, -0.1) is 0 Å². The van der Waals surface area contributed by atoms with Crippen LogP contribution in [0.2, 0.25) is 5.02 Å². The van der Waals surface area contributed by atoms with Crippen molar-refractivity contribution in [3.05, 3.63) is 46.7 Å². The number of aliphatic hydroxyl groups is 1. The first-order chi connectivity index (χ1) is 10.4. The summed E-state index contributed by atoms with van der Waals surface area (Å²) < 4.78 is 39.6. The van der Waals surface area contributed by atoms with E-state index in [0.717, 1.165) is 10.7 Å². The van der Waals surface area contributed by atoms with Crippen molar-refractivity contribution in [2.45, 2.75) is 12.7 Å². The Bertz CT molecular complexity index is 631. The Hall–Kier alpha value is -1.61. The molecule has 1 aromatic carbocycles. The Morgan fingerprint density at radius 3 is 2.73 bits per heavy atom. The van der Waals surface area contributed by atoms with E-state index in [4.69, 9.17) is 21.5 Å². The van der Waals surface area contributed by atoms with E-state index < -0.39 is 11.9 Å². The number of aliphatic hydroxyl groups excluding tert-OH is 1. The first-order valence-electron chi connectivity index (χ1n) is 6.29. The number of nitrogens with one attached hydrogen (secondary N) is 1. The number of aromatic nitrogens is 2. The highest BCUT2D eigenvalue weighted by Crippen LogP contribution is 2.29. The summed E-state index contributed by atoms with van der Waals surface area (Å²) >= 11 is 5.86. The maximum atomic E-state index is 12.8. The minimum Gasteiger partial charge on any atom is -0.394 e. The van der Waals surface area contributed by atoms with E-state index in [0.29, 0.717) is 10.7 Å². The maximum Gasteiger partial charge on any atom is 0.435 e. The van der Waals surface area contributed by atoms with Gasteiger partial charge in [-0.3, -0.25) is 4.84 Å². The van der Waals surface area contributed by atoms with E-state index in [1.165, 1.54) is 6.07 Å². The zero-order valence-electron chi connectivity index (χ0n) is 11.3. The van der Waals surface area contributed by atoms with E-state index in [2.05, 4.69) is 10.6 Å². The van der Waals surface area contributed by atoms with Crippen LogP contribution in [0.1, 0.15) is 11.4 Å². The van der Waals surface area contributed by atoms with Gasteiger partial charge in [-0.2, -0.15) is 23.8 Å². The van der Waals surface area contributed by atoms with Crippen LogP contribution >= 0.6 is 11.6 Å². The van der Waals surface area contributed by atoms with Gasteiger partial charge in [0.05, 0.1) is 31.1 Å². The molecule has 0 unspecified atom stereocenters. The standard InChI is InChI=1S/C13H13ClF3N3O2/c14-9-2-1-3-10(6-9)20-11(8-18-22-5-4-21)7-12(19-20)13(15,16)17/h1-3,6-7,18,21H,4-5,8H2. The summed E-state index contributed by atoms with van der Waals surface area (Å²) in [6.07, 6.45) is -4.55. The number of rotatable bonds is 6. The van der Waals surface area contributed by atoms with Gasteiger partial charge in [-0.1, -0.05) is 17.7 Å². The highest BCUT2D eigenvalue weighted by Gasteiger charge is 2.35. The van der Waals surface area contributed by atoms with Crippen molar-refractivity contribution in [1.82, 2.24) is 15.3 Å². The average Bonchev–Trinajstić information content (AvgIpc) is 2.88. The summed E-state index contributed by atoms with van der Waals surface area (Å²) in [7, 11) is 0. The molecule has 0 amide bonds. The number of hydroxylamine groups is 1. The quantitative estimate of drug-likeness (QED) is 0.629. The molecule has 120 valence electrons. The number of halogens is 4. The van der Waals surface area contributed by atoms with Crippen molar-refractivity contribution < 1.29 is 23.1 Å². The van der Waals surface area contributed by atoms with Crippen molar-refractivity contribution in [2.24, 2.45) is 0 Å². The third-order valence-corrected chi connectivity index (χ3v) is 2.91. The zero-order chi connectivity index (χ0) is 16.2. The van der Waals surface area contributed by atoms with E-state index in [1.54, 1.807) is 18.2 Å². The van der Waals surface area contributed by atoms with Crippen LogP contribution in [-0.2, 0) is 17.6 Å². The smallest absolute Gasteiger partial charge is 0.394 e. The van der Waals surface area contributed by atoms with Gasteiger partial charge in [-0.25, -0.2) is 4.68 Å². The van der Waals surface area contributed by atoms with E-state index in [1.807, 2.05) is 0 Å². The fourth-order valence-corrected chi connectivity index (χ4v) is 1.94. The topological polar surface area (TPSA) is 59.3 Å². The van der Waals surface area contributed by atoms with Gasteiger partial charge in [0.2, 0.25) is 0 Å². The molecular formula is C13H13ClF3N3O2. The Kier molecular flexibility index (Phi) is 5.41. The van der Waals surface area contributed by atoms with Gasteiger partial charge in [0, 0.05) is 5.02 Å². The van der Waals surface area contributed by atoms with Crippen LogP contribution < -0.4 is 5.48 Å². The number of nitrogens with zero attached hydrogens (tertiary/aromatic N) is 2. The van der Waals surface area contributed by atoms with Crippen molar-refractivity contribution in [1.29, 1.82) is 0 Å². The Morgan fingerprint density at radius 2 is 2.09 bits per heavy atom. The summed E-state index contributed by atoms with van der Waals surface area (Å²) in [5.41, 5.74) is 2.11. The molecule has 0 saturated carbocycles. The highest BCUT2D eigenvalue weighted by molar-refractivity contribution is 6.30. The Morgan fingerprint density at radius 1 is 1.32 bits per heavy atom. The lowest BCUT2D eigenvalue weighted by molar-refractivity contribution is -0.141. The van der Waals surface area contributed by atoms with Crippen LogP contribution in [0.25, 0.3) is 5.69 Å². The molecular weight excluding hydrogens is 323 g/mol. The summed E-state index contributed by atoms with van der Waals surface area (Å²) in [6, 6.07) is 7.26. The second-order valence-corrected chi connectivity index (χ2v) is 4.74. The molecule has 0 saturated heterocycles. The molecule has 1 heterocycles. The first kappa shape index (κ1) is 16.8. The fourth-order valence-electron chi connectivity index (χ4n) is 1.76. The maximum absolute atomic E-state index is 12.8. The molecule has 0 radical (unpaired) electrons. The van der Waals surface area contributed by atoms with Crippen molar-refractivity contribution in [3.8, 4) is 5.69 Å². The molecule has 0 bridgehead atoms. The van der Waals surface area contributed by atoms with Crippen molar-refractivity contribution in [2.75, 3.05) is 13.2 Å². The van der Waals surface area contributed by atoms with Crippen LogP contribution in [0.3, 0.4) is 0 Å². The third-order valence-electron chi connectivity index (χ3n) is 2.68. The molecule has 2 aromatic rings. The van der Waals surface area contributed by atoms with E-state index in [-0.39, 0.29) is 25.5 Å². The normalized spacial score (nSPS) is 11.9. The summed E-state index contributed by atoms with van der Waals surface area (Å²) in [5.74, 6) is 0. The number of hydrogen-bond donors (Lipinski definition) is 2. The second-order valence-electron chi connectivity index (χ2n) is 4.30. The monoisotopic (exact) mass is 335 g/mol. The molecule has 0 aliphatic carbocycles. The van der Waals surface area contributed by atoms with Gasteiger partial charge < -0.3 is 5.11 Å². The van der Waals surface area contributed by atoms with Gasteiger partial charge >= 0.3 is 6.18 Å². The van der Waals surface area contributed by atoms with Crippen LogP contribution in [-0.4, -0.2) is 28.1 Å². The van der Waals surface area contributed by atoms with Gasteiger partial charge in [0.1, 0.15) is 0 Å². The molecule has 0 aliphatic rings. The molecule has 2 rings (SSSR count). The average molecular weight is 336 g/mol. The Balaban J connectivity index is 2.31. The van der Waals surface area contributed by atoms with E-state index in [9.17, 15) is 13.2 Å². The lowest BCUT2D eigenvalue weighted by Gasteiger charge is -2.08. The fraction of sp³-hybridized carbons (Fsp3) is 0.308. The highest BCUT2D eigenvalue weighted by atomic mass is 35.5. The lowest BCUT2D eigenvalue weighted by atomic mass is 10.3. The molecule has 5 nitrogen and oxygen atoms in total. The minimum absolute atomic E-state index is 0.0183. The predicted molar refractivity (Wildman–Crippen MR) is 73.5 cm³/mol. The lowest BCUT2D eigenvalue weighted by Crippen LogP contribution is -2.18. The predicted octanol–water partition coefficient (Wildman–Crippen LogP) is 2.56. The van der Waals surface area contributed by atoms with Crippen molar-refractivity contribution >= 4 is 11.6 Å². The molecule has 0 spiro atoms. The Labute approximate surface area is 129 Å². The molecule has 0 aliphatic heterocycles. The largest absolute Gasteiger partial charge is 0.435 e. The van der Waals surface area contributed by atoms with E-state index >= 15 is 0 Å². The van der Waals surface area contributed by atoms with Crippen LogP contribution in [0, 0.1) is 0 Å². The summed E-state index contributed by atoms with van der Waals surface area (Å²) in [6.45, 7) is -0.193. The first-order valence-corrected chi connectivity index (χ1v) is 6.67. The second kappa shape index (κ2) is 7.10. The molecule has 0 atom stereocenters. The SMILES string of the molecule is OCCONCc1cc(C(F)(F)F)nn1-c1cccc(Cl)c1. The zero-order valence-corrected chi connectivity index (χ0v) is 12.0. The molecule has 2 N–H and O–H groups in total. The number of hydrogen-bond acceptors (Lipinski definition) is 4. The molecule has 22 heavy (non-hydrogen) atoms. The van der Waals surface area contributed by atoms with Crippen LogP contribution in [0.5, 0.6) is 0 Å². The van der Waals surface area contributed by atoms with Crippen LogP contribution in [0.15, 0.2) is 30.3 Å². The van der Waals surface area contributed by atoms with Gasteiger partial charge in [0.15, 0.2) is 5.69 Å². The molecule has 1 aromatic heterocycles. The van der Waals surface area contributed by atoms with Crippen molar-refractivity contribution in [3.63, 3.8) is 0 Å². The van der Waals surface area contributed by atoms with Gasteiger partial charge in [-0.05, 0) is 24.3 Å². The van der Waals surface area contributed by atoms with Gasteiger partial charge in [0.25, 0.3) is 0 Å². The van der Waals surface area contributed by atoms with Crippen LogP contribution in [0.4, 0.5) is 13.2 Å².